The van der Waals surface area contributed by atoms with E-state index in [2.05, 4.69) is 10.6 Å². The molecule has 1 spiro atoms. The number of ether oxygens (including phenoxy) is 1. The number of carbonyl (C=O) groups excluding carboxylic acids is 4. The number of carbonyl (C=O) groups is 4. The van der Waals surface area contributed by atoms with Gasteiger partial charge in [0.05, 0.1) is 0 Å². The van der Waals surface area contributed by atoms with Gasteiger partial charge in [-0.2, -0.15) is 0 Å². The van der Waals surface area contributed by atoms with Crippen molar-refractivity contribution in [3.05, 3.63) is 29.8 Å². The Morgan fingerprint density at radius 2 is 1.85 bits per heavy atom. The molecule has 0 bridgehead atoms. The van der Waals surface area contributed by atoms with Crippen molar-refractivity contribution >= 4 is 29.5 Å². The SMILES string of the molecule is Cc1ccc(NC(=O)COC(=O)CN2C(=O)NC3(CCCC3)C2=O)cc1. The van der Waals surface area contributed by atoms with E-state index in [4.69, 9.17) is 4.74 Å². The van der Waals surface area contributed by atoms with Crippen molar-refractivity contribution in [2.45, 2.75) is 38.1 Å². The maximum absolute atomic E-state index is 12.4. The number of nitrogens with zero attached hydrogens (tertiary/aromatic N) is 1. The lowest BCUT2D eigenvalue weighted by molar-refractivity contribution is -0.150. The van der Waals surface area contributed by atoms with Crippen molar-refractivity contribution in [2.24, 2.45) is 0 Å². The average molecular weight is 359 g/mol. The molecule has 0 atom stereocenters. The molecule has 2 N–H and O–H groups in total. The van der Waals surface area contributed by atoms with Gasteiger partial charge in [-0.3, -0.25) is 19.3 Å². The summed E-state index contributed by atoms with van der Waals surface area (Å²) >= 11 is 0. The predicted molar refractivity (Wildman–Crippen MR) is 92.2 cm³/mol. The van der Waals surface area contributed by atoms with Gasteiger partial charge >= 0.3 is 12.0 Å². The van der Waals surface area contributed by atoms with Gasteiger partial charge in [0, 0.05) is 5.69 Å². The van der Waals surface area contributed by atoms with Crippen LogP contribution < -0.4 is 10.6 Å². The third-order valence-corrected chi connectivity index (χ3v) is 4.69. The van der Waals surface area contributed by atoms with E-state index in [1.807, 2.05) is 19.1 Å². The fraction of sp³-hybridized carbons (Fsp3) is 0.444. The van der Waals surface area contributed by atoms with Crippen molar-refractivity contribution in [2.75, 3.05) is 18.5 Å². The van der Waals surface area contributed by atoms with Gasteiger partial charge in [-0.25, -0.2) is 4.79 Å². The molecule has 2 fully saturated rings. The molecule has 4 amide bonds. The first-order valence-corrected chi connectivity index (χ1v) is 8.56. The Morgan fingerprint density at radius 1 is 1.19 bits per heavy atom. The Labute approximate surface area is 150 Å². The van der Waals surface area contributed by atoms with Crippen molar-refractivity contribution < 1.29 is 23.9 Å². The molecule has 0 aromatic heterocycles. The van der Waals surface area contributed by atoms with E-state index in [1.165, 1.54) is 0 Å². The molecule has 1 aliphatic carbocycles. The lowest BCUT2D eigenvalue weighted by Crippen LogP contribution is -2.44. The fourth-order valence-electron chi connectivity index (χ4n) is 3.29. The first kappa shape index (κ1) is 17.9. The van der Waals surface area contributed by atoms with Crippen LogP contribution in [-0.4, -0.2) is 47.4 Å². The molecule has 0 radical (unpaired) electrons. The molecule has 0 unspecified atom stereocenters. The first-order chi connectivity index (χ1) is 12.4. The highest BCUT2D eigenvalue weighted by molar-refractivity contribution is 6.09. The molecule has 3 rings (SSSR count). The molecule has 1 saturated carbocycles. The number of nitrogens with one attached hydrogen (secondary N) is 2. The zero-order valence-corrected chi connectivity index (χ0v) is 14.5. The summed E-state index contributed by atoms with van der Waals surface area (Å²) in [5.41, 5.74) is 0.789. The molecule has 1 aliphatic heterocycles. The molecule has 1 aromatic carbocycles. The topological polar surface area (TPSA) is 105 Å². The van der Waals surface area contributed by atoms with E-state index in [1.54, 1.807) is 12.1 Å². The average Bonchev–Trinajstić information content (AvgIpc) is 3.16. The highest BCUT2D eigenvalue weighted by atomic mass is 16.5. The second kappa shape index (κ2) is 7.15. The Kier molecular flexibility index (Phi) is 4.92. The second-order valence-corrected chi connectivity index (χ2v) is 6.69. The van der Waals surface area contributed by atoms with E-state index in [0.717, 1.165) is 23.3 Å². The molecule has 8 heteroatoms. The number of anilines is 1. The molecular formula is C18H21N3O5. The minimum absolute atomic E-state index is 0.388. The molecule has 1 aromatic rings. The second-order valence-electron chi connectivity index (χ2n) is 6.69. The van der Waals surface area contributed by atoms with Crippen molar-refractivity contribution in [1.82, 2.24) is 10.2 Å². The Balaban J connectivity index is 1.48. The third-order valence-electron chi connectivity index (χ3n) is 4.69. The minimum atomic E-state index is -0.861. The molecule has 1 saturated heterocycles. The quantitative estimate of drug-likeness (QED) is 0.610. The van der Waals surface area contributed by atoms with E-state index < -0.39 is 36.6 Å². The summed E-state index contributed by atoms with van der Waals surface area (Å²) in [6.07, 6.45) is 2.90. The summed E-state index contributed by atoms with van der Waals surface area (Å²) in [6.45, 7) is 0.949. The van der Waals surface area contributed by atoms with E-state index in [0.29, 0.717) is 18.5 Å². The van der Waals surface area contributed by atoms with Gasteiger partial charge in [0.25, 0.3) is 11.8 Å². The van der Waals surface area contributed by atoms with Gasteiger partial charge in [0.15, 0.2) is 6.61 Å². The van der Waals surface area contributed by atoms with Crippen LogP contribution in [0.2, 0.25) is 0 Å². The molecule has 1 heterocycles. The largest absolute Gasteiger partial charge is 0.454 e. The van der Waals surface area contributed by atoms with Crippen LogP contribution in [0.3, 0.4) is 0 Å². The van der Waals surface area contributed by atoms with Crippen molar-refractivity contribution in [1.29, 1.82) is 0 Å². The Morgan fingerprint density at radius 3 is 2.50 bits per heavy atom. The number of urea groups is 1. The maximum atomic E-state index is 12.4. The highest BCUT2D eigenvalue weighted by Gasteiger charge is 2.52. The number of esters is 1. The number of rotatable bonds is 5. The summed E-state index contributed by atoms with van der Waals surface area (Å²) in [4.78, 5) is 49.0. The van der Waals surface area contributed by atoms with E-state index in [9.17, 15) is 19.2 Å². The number of hydrogen-bond acceptors (Lipinski definition) is 5. The van der Waals surface area contributed by atoms with Crippen molar-refractivity contribution in [3.8, 4) is 0 Å². The first-order valence-electron chi connectivity index (χ1n) is 8.56. The number of benzene rings is 1. The van der Waals surface area contributed by atoms with Gasteiger partial charge in [0.2, 0.25) is 0 Å². The zero-order chi connectivity index (χ0) is 18.7. The maximum Gasteiger partial charge on any atom is 0.326 e. The molecule has 2 aliphatic rings. The Hall–Kier alpha value is -2.90. The Bertz CT molecular complexity index is 738. The summed E-state index contributed by atoms with van der Waals surface area (Å²) in [7, 11) is 0. The van der Waals surface area contributed by atoms with Crippen molar-refractivity contribution in [3.63, 3.8) is 0 Å². The van der Waals surface area contributed by atoms with Crippen LogP contribution in [0.4, 0.5) is 10.5 Å². The minimum Gasteiger partial charge on any atom is -0.454 e. The van der Waals surface area contributed by atoms with E-state index in [-0.39, 0.29) is 5.91 Å². The van der Waals surface area contributed by atoms with E-state index >= 15 is 0 Å². The van der Waals surface area contributed by atoms with Crippen LogP contribution in [0.5, 0.6) is 0 Å². The van der Waals surface area contributed by atoms with Gasteiger partial charge in [-0.15, -0.1) is 0 Å². The summed E-state index contributed by atoms with van der Waals surface area (Å²) in [5.74, 6) is -1.68. The smallest absolute Gasteiger partial charge is 0.326 e. The molecule has 26 heavy (non-hydrogen) atoms. The lowest BCUT2D eigenvalue weighted by Gasteiger charge is -2.19. The van der Waals surface area contributed by atoms with Gasteiger partial charge in [0.1, 0.15) is 12.1 Å². The number of imide groups is 1. The van der Waals surface area contributed by atoms with Gasteiger partial charge in [-0.1, -0.05) is 30.5 Å². The third kappa shape index (κ3) is 3.68. The fourth-order valence-corrected chi connectivity index (χ4v) is 3.29. The van der Waals surface area contributed by atoms with Crippen LogP contribution in [0.25, 0.3) is 0 Å². The van der Waals surface area contributed by atoms with Crippen LogP contribution in [0.15, 0.2) is 24.3 Å². The van der Waals surface area contributed by atoms with Crippen LogP contribution in [0.1, 0.15) is 31.2 Å². The van der Waals surface area contributed by atoms with Crippen LogP contribution in [-0.2, 0) is 19.1 Å². The lowest BCUT2D eigenvalue weighted by atomic mass is 9.98. The molecule has 8 nitrogen and oxygen atoms in total. The molecule has 138 valence electrons. The number of aryl methyl sites for hydroxylation is 1. The zero-order valence-electron chi connectivity index (χ0n) is 14.5. The standard InChI is InChI=1S/C18H21N3O5/c1-12-4-6-13(7-5-12)19-14(22)11-26-15(23)10-21-16(24)18(20-17(21)25)8-2-3-9-18/h4-7H,2-3,8-11H2,1H3,(H,19,22)(H,20,25). The van der Waals surface area contributed by atoms with Crippen LogP contribution >= 0.6 is 0 Å². The predicted octanol–water partition coefficient (Wildman–Crippen LogP) is 1.34. The normalized spacial score (nSPS) is 18.1. The monoisotopic (exact) mass is 359 g/mol. The highest BCUT2D eigenvalue weighted by Crippen LogP contribution is 2.34. The van der Waals surface area contributed by atoms with Gasteiger partial charge in [-0.05, 0) is 31.9 Å². The number of hydrogen-bond donors (Lipinski definition) is 2. The number of amides is 4. The van der Waals surface area contributed by atoms with Crippen LogP contribution in [0, 0.1) is 6.92 Å². The summed E-state index contributed by atoms with van der Waals surface area (Å²) in [6, 6.07) is 6.58. The van der Waals surface area contributed by atoms with Gasteiger partial charge < -0.3 is 15.4 Å². The summed E-state index contributed by atoms with van der Waals surface area (Å²) in [5, 5.41) is 5.29. The molecular weight excluding hydrogens is 338 g/mol. The summed E-state index contributed by atoms with van der Waals surface area (Å²) < 4.78 is 4.88.